The number of aromatic nitrogens is 1. The number of benzene rings is 1. The number of carbonyl (C=O) groups is 2. The molecule has 2 fully saturated rings. The summed E-state index contributed by atoms with van der Waals surface area (Å²) in [6.45, 7) is 0.362. The number of carbonyl (C=O) groups excluding carboxylic acids is 2. The van der Waals surface area contributed by atoms with E-state index in [-0.39, 0.29) is 23.8 Å². The first kappa shape index (κ1) is 19.6. The second-order valence-corrected chi connectivity index (χ2v) is 8.27. The molecule has 6 nitrogen and oxygen atoms in total. The van der Waals surface area contributed by atoms with Crippen molar-refractivity contribution in [1.82, 2.24) is 10.3 Å². The molecule has 2 aliphatic carbocycles. The van der Waals surface area contributed by atoms with Crippen molar-refractivity contribution >= 4 is 17.5 Å². The molecule has 29 heavy (non-hydrogen) atoms. The second-order valence-electron chi connectivity index (χ2n) is 8.27. The van der Waals surface area contributed by atoms with E-state index in [4.69, 9.17) is 5.73 Å². The molecule has 0 saturated heterocycles. The maximum atomic E-state index is 12.8. The van der Waals surface area contributed by atoms with Gasteiger partial charge in [0.05, 0.1) is 12.2 Å². The van der Waals surface area contributed by atoms with Crippen molar-refractivity contribution in [1.29, 1.82) is 0 Å². The van der Waals surface area contributed by atoms with Gasteiger partial charge < -0.3 is 16.4 Å². The maximum absolute atomic E-state index is 12.8. The number of fused-ring (bicyclic) bond motifs is 2. The molecule has 2 amide bonds. The summed E-state index contributed by atoms with van der Waals surface area (Å²) in [5.74, 6) is 0.778. The molecule has 1 aromatic carbocycles. The van der Waals surface area contributed by atoms with Gasteiger partial charge in [-0.1, -0.05) is 18.6 Å². The summed E-state index contributed by atoms with van der Waals surface area (Å²) in [4.78, 5) is 29.5. The molecule has 4 rings (SSSR count). The zero-order chi connectivity index (χ0) is 20.2. The Morgan fingerprint density at radius 1 is 1.07 bits per heavy atom. The van der Waals surface area contributed by atoms with Crippen molar-refractivity contribution in [2.45, 2.75) is 44.7 Å². The van der Waals surface area contributed by atoms with E-state index < -0.39 is 0 Å². The van der Waals surface area contributed by atoms with Crippen molar-refractivity contribution in [3.8, 4) is 0 Å². The summed E-state index contributed by atoms with van der Waals surface area (Å²) >= 11 is 0. The van der Waals surface area contributed by atoms with E-state index in [1.807, 2.05) is 24.3 Å². The van der Waals surface area contributed by atoms with Gasteiger partial charge in [-0.3, -0.25) is 14.6 Å². The van der Waals surface area contributed by atoms with Crippen LogP contribution in [0.15, 0.2) is 48.7 Å². The Kier molecular flexibility index (Phi) is 5.90. The zero-order valence-electron chi connectivity index (χ0n) is 16.5. The number of hydrogen-bond acceptors (Lipinski definition) is 4. The van der Waals surface area contributed by atoms with Crippen molar-refractivity contribution in [3.63, 3.8) is 0 Å². The van der Waals surface area contributed by atoms with E-state index >= 15 is 0 Å². The fourth-order valence-electron chi connectivity index (χ4n) is 4.76. The Bertz CT molecular complexity index is 856. The molecule has 6 heteroatoms. The Balaban J connectivity index is 1.36. The zero-order valence-corrected chi connectivity index (χ0v) is 16.5. The molecule has 0 spiro atoms. The topological polar surface area (TPSA) is 97.1 Å². The molecule has 2 bridgehead atoms. The summed E-state index contributed by atoms with van der Waals surface area (Å²) < 4.78 is 0. The van der Waals surface area contributed by atoms with Crippen LogP contribution in [0.2, 0.25) is 0 Å². The lowest BCUT2D eigenvalue weighted by Gasteiger charge is -2.43. The van der Waals surface area contributed by atoms with Crippen LogP contribution in [0.4, 0.5) is 5.69 Å². The molecule has 1 aromatic heterocycles. The molecule has 2 aliphatic rings. The molecule has 0 aliphatic heterocycles. The minimum atomic E-state index is -0.190. The normalized spacial score (nSPS) is 25.8. The molecule has 2 saturated carbocycles. The van der Waals surface area contributed by atoms with Gasteiger partial charge in [0.1, 0.15) is 0 Å². The first-order valence-corrected chi connectivity index (χ1v) is 10.4. The van der Waals surface area contributed by atoms with E-state index in [1.54, 1.807) is 24.4 Å². The predicted molar refractivity (Wildman–Crippen MR) is 112 cm³/mol. The van der Waals surface area contributed by atoms with Gasteiger partial charge in [-0.05, 0) is 67.9 Å². The first-order chi connectivity index (χ1) is 14.1. The highest BCUT2D eigenvalue weighted by atomic mass is 16.2. The van der Waals surface area contributed by atoms with Gasteiger partial charge >= 0.3 is 0 Å². The van der Waals surface area contributed by atoms with Crippen molar-refractivity contribution in [3.05, 3.63) is 59.9 Å². The third-order valence-corrected chi connectivity index (χ3v) is 6.33. The molecule has 152 valence electrons. The second kappa shape index (κ2) is 8.74. The summed E-state index contributed by atoms with van der Waals surface area (Å²) in [7, 11) is 0. The third-order valence-electron chi connectivity index (χ3n) is 6.33. The molecule has 0 radical (unpaired) electrons. The van der Waals surface area contributed by atoms with Crippen molar-refractivity contribution in [2.24, 2.45) is 23.5 Å². The summed E-state index contributed by atoms with van der Waals surface area (Å²) in [6.07, 6.45) is 6.93. The van der Waals surface area contributed by atoms with E-state index in [9.17, 15) is 9.59 Å². The molecular formula is C23H28N4O2. The van der Waals surface area contributed by atoms with Crippen LogP contribution in [0.25, 0.3) is 0 Å². The highest BCUT2D eigenvalue weighted by Crippen LogP contribution is 2.42. The fourth-order valence-corrected chi connectivity index (χ4v) is 4.76. The van der Waals surface area contributed by atoms with Crippen LogP contribution in [0, 0.1) is 17.8 Å². The number of pyridine rings is 1. The number of nitrogens with one attached hydrogen (secondary N) is 2. The lowest BCUT2D eigenvalue weighted by atomic mass is 9.65. The van der Waals surface area contributed by atoms with Crippen molar-refractivity contribution < 1.29 is 9.59 Å². The van der Waals surface area contributed by atoms with Gasteiger partial charge in [-0.25, -0.2) is 0 Å². The van der Waals surface area contributed by atoms with Gasteiger partial charge in [0, 0.05) is 29.4 Å². The SMILES string of the molecule is NC1C2CCCC1CC(C(=O)Nc1cccc(C(=O)NCc3ccccn3)c1)C2. The monoisotopic (exact) mass is 392 g/mol. The number of hydrogen-bond donors (Lipinski definition) is 3. The standard InChI is InChI=1S/C23H28N4O2/c24-21-15-5-3-6-16(21)12-18(11-15)23(29)27-19-9-4-7-17(13-19)22(28)26-14-20-8-1-2-10-25-20/h1-2,4,7-10,13,15-16,18,21H,3,5-6,11-12,14,24H2,(H,26,28)(H,27,29). The Labute approximate surface area is 171 Å². The average Bonchev–Trinajstić information content (AvgIpc) is 2.72. The summed E-state index contributed by atoms with van der Waals surface area (Å²) in [6, 6.07) is 12.9. The lowest BCUT2D eigenvalue weighted by Crippen LogP contribution is -2.48. The number of rotatable bonds is 5. The molecule has 4 N–H and O–H groups in total. The van der Waals surface area contributed by atoms with E-state index in [0.717, 1.165) is 31.4 Å². The van der Waals surface area contributed by atoms with E-state index in [1.165, 1.54) is 6.42 Å². The van der Waals surface area contributed by atoms with Crippen LogP contribution in [0.5, 0.6) is 0 Å². The smallest absolute Gasteiger partial charge is 0.251 e. The largest absolute Gasteiger partial charge is 0.346 e. The van der Waals surface area contributed by atoms with Crippen LogP contribution in [-0.2, 0) is 11.3 Å². The minimum Gasteiger partial charge on any atom is -0.346 e. The van der Waals surface area contributed by atoms with E-state index in [2.05, 4.69) is 15.6 Å². The van der Waals surface area contributed by atoms with E-state index in [0.29, 0.717) is 29.6 Å². The Morgan fingerprint density at radius 2 is 1.86 bits per heavy atom. The molecule has 2 atom stereocenters. The Hall–Kier alpha value is -2.73. The minimum absolute atomic E-state index is 0.00624. The quantitative estimate of drug-likeness (QED) is 0.728. The van der Waals surface area contributed by atoms with Crippen LogP contribution in [-0.4, -0.2) is 22.8 Å². The fraction of sp³-hybridized carbons (Fsp3) is 0.435. The lowest BCUT2D eigenvalue weighted by molar-refractivity contribution is -0.122. The van der Waals surface area contributed by atoms with Gasteiger partial charge in [0.15, 0.2) is 0 Å². The first-order valence-electron chi connectivity index (χ1n) is 10.4. The summed E-state index contributed by atoms with van der Waals surface area (Å²) in [5.41, 5.74) is 8.31. The highest BCUT2D eigenvalue weighted by Gasteiger charge is 2.40. The third kappa shape index (κ3) is 4.65. The molecule has 2 unspecified atom stereocenters. The number of nitrogens with zero attached hydrogens (tertiary/aromatic N) is 1. The van der Waals surface area contributed by atoms with Gasteiger partial charge in [0.2, 0.25) is 5.91 Å². The van der Waals surface area contributed by atoms with Crippen LogP contribution < -0.4 is 16.4 Å². The van der Waals surface area contributed by atoms with Crippen molar-refractivity contribution in [2.75, 3.05) is 5.32 Å². The van der Waals surface area contributed by atoms with Gasteiger partial charge in [-0.15, -0.1) is 0 Å². The number of amides is 2. The summed E-state index contributed by atoms with van der Waals surface area (Å²) in [5, 5.41) is 5.88. The van der Waals surface area contributed by atoms with Crippen LogP contribution in [0.1, 0.15) is 48.2 Å². The Morgan fingerprint density at radius 3 is 2.59 bits per heavy atom. The number of anilines is 1. The van der Waals surface area contributed by atoms with Crippen LogP contribution >= 0.6 is 0 Å². The molecule has 2 aromatic rings. The average molecular weight is 393 g/mol. The predicted octanol–water partition coefficient (Wildman–Crippen LogP) is 3.10. The molecule has 1 heterocycles. The van der Waals surface area contributed by atoms with Gasteiger partial charge in [0.25, 0.3) is 5.91 Å². The highest BCUT2D eigenvalue weighted by molar-refractivity contribution is 5.97. The maximum Gasteiger partial charge on any atom is 0.251 e. The van der Waals surface area contributed by atoms with Gasteiger partial charge in [-0.2, -0.15) is 0 Å². The number of nitrogens with two attached hydrogens (primary N) is 1. The van der Waals surface area contributed by atoms with Crippen LogP contribution in [0.3, 0.4) is 0 Å². The molecular weight excluding hydrogens is 364 g/mol.